The molecule has 19 heavy (non-hydrogen) atoms. The highest BCUT2D eigenvalue weighted by atomic mass is 16.7. The van der Waals surface area contributed by atoms with Crippen LogP contribution in [0.3, 0.4) is 0 Å². The van der Waals surface area contributed by atoms with Crippen LogP contribution in [0.1, 0.15) is 37.9 Å². The maximum Gasteiger partial charge on any atom is 0.339 e. The highest BCUT2D eigenvalue weighted by Gasteiger charge is 2.47. The van der Waals surface area contributed by atoms with Crippen molar-refractivity contribution in [3.63, 3.8) is 0 Å². The Morgan fingerprint density at radius 3 is 2.79 bits per heavy atom. The van der Waals surface area contributed by atoms with Crippen LogP contribution in [0.5, 0.6) is 11.5 Å². The second-order valence-electron chi connectivity index (χ2n) is 4.83. The van der Waals surface area contributed by atoms with Crippen LogP contribution in [0.15, 0.2) is 18.2 Å². The number of fused-ring (bicyclic) bond motifs is 1. The Balaban J connectivity index is 1.79. The van der Waals surface area contributed by atoms with E-state index in [1.807, 2.05) is 0 Å². The zero-order chi connectivity index (χ0) is 13.5. The largest absolute Gasteiger partial charge is 0.464 e. The third kappa shape index (κ3) is 2.04. The van der Waals surface area contributed by atoms with E-state index in [1.54, 1.807) is 25.1 Å². The Hall–Kier alpha value is -1.75. The topological polar surface area (TPSA) is 65.0 Å². The van der Waals surface area contributed by atoms with Gasteiger partial charge >= 0.3 is 5.97 Å². The average molecular weight is 264 g/mol. The summed E-state index contributed by atoms with van der Waals surface area (Å²) in [6.45, 7) is 1.94. The smallest absolute Gasteiger partial charge is 0.339 e. The number of esters is 1. The first-order valence-electron chi connectivity index (χ1n) is 6.50. The molecule has 0 saturated heterocycles. The lowest BCUT2D eigenvalue weighted by Crippen LogP contribution is -2.45. The number of ether oxygens (including phenoxy) is 3. The molecule has 102 valence electrons. The summed E-state index contributed by atoms with van der Waals surface area (Å²) < 4.78 is 16.3. The molecule has 3 rings (SSSR count). The lowest BCUT2D eigenvalue weighted by molar-refractivity contribution is -0.153. The van der Waals surface area contributed by atoms with Crippen LogP contribution in [-0.2, 0) is 9.53 Å². The van der Waals surface area contributed by atoms with Crippen molar-refractivity contribution in [2.45, 2.75) is 38.1 Å². The van der Waals surface area contributed by atoms with Crippen molar-refractivity contribution < 1.29 is 24.1 Å². The molecule has 0 amide bonds. The fourth-order valence-electron chi connectivity index (χ4n) is 2.31. The van der Waals surface area contributed by atoms with E-state index in [2.05, 4.69) is 0 Å². The van der Waals surface area contributed by atoms with Gasteiger partial charge in [-0.15, -0.1) is 0 Å². The first-order chi connectivity index (χ1) is 9.13. The third-order valence-corrected chi connectivity index (χ3v) is 3.50. The van der Waals surface area contributed by atoms with E-state index >= 15 is 0 Å². The molecule has 1 unspecified atom stereocenters. The molecule has 5 nitrogen and oxygen atoms in total. The van der Waals surface area contributed by atoms with Gasteiger partial charge in [0.05, 0.1) is 6.61 Å². The summed E-state index contributed by atoms with van der Waals surface area (Å²) in [7, 11) is 0. The van der Waals surface area contributed by atoms with Gasteiger partial charge in [-0.05, 0) is 31.0 Å². The average Bonchev–Trinajstić information content (AvgIpc) is 2.76. The Bertz CT molecular complexity index is 507. The van der Waals surface area contributed by atoms with Crippen molar-refractivity contribution in [1.82, 2.24) is 0 Å². The van der Waals surface area contributed by atoms with Crippen molar-refractivity contribution in [3.8, 4) is 11.5 Å². The molecule has 1 aromatic carbocycles. The van der Waals surface area contributed by atoms with Crippen LogP contribution < -0.4 is 9.47 Å². The third-order valence-electron chi connectivity index (χ3n) is 3.50. The van der Waals surface area contributed by atoms with Crippen molar-refractivity contribution >= 4 is 5.97 Å². The predicted octanol–water partition coefficient (Wildman–Crippen LogP) is 1.93. The number of hydrogen-bond donors (Lipinski definition) is 1. The number of carbonyl (C=O) groups is 1. The monoisotopic (exact) mass is 264 g/mol. The molecule has 0 aromatic heterocycles. The highest BCUT2D eigenvalue weighted by Crippen LogP contribution is 2.48. The van der Waals surface area contributed by atoms with Crippen LogP contribution in [0.2, 0.25) is 0 Å². The van der Waals surface area contributed by atoms with Gasteiger partial charge in [-0.25, -0.2) is 4.79 Å². The SMILES string of the molecule is CCOC(=O)C(O)c1ccc2c(c1)OC1(CCC1)O2. The van der Waals surface area contributed by atoms with E-state index in [0.717, 1.165) is 19.3 Å². The summed E-state index contributed by atoms with van der Waals surface area (Å²) in [5.74, 6) is 0.0929. The number of hydrogen-bond acceptors (Lipinski definition) is 5. The second-order valence-corrected chi connectivity index (χ2v) is 4.83. The molecule has 1 spiro atoms. The highest BCUT2D eigenvalue weighted by molar-refractivity contribution is 5.76. The van der Waals surface area contributed by atoms with E-state index in [-0.39, 0.29) is 6.61 Å². The summed E-state index contributed by atoms with van der Waals surface area (Å²) in [6.07, 6.45) is 1.55. The molecule has 2 aliphatic rings. The molecule has 1 atom stereocenters. The van der Waals surface area contributed by atoms with Gasteiger partial charge in [0, 0.05) is 12.8 Å². The van der Waals surface area contributed by atoms with Crippen molar-refractivity contribution in [2.75, 3.05) is 6.61 Å². The molecule has 0 bridgehead atoms. The lowest BCUT2D eigenvalue weighted by atomic mass is 9.91. The number of carbonyl (C=O) groups excluding carboxylic acids is 1. The molecule has 1 saturated carbocycles. The van der Waals surface area contributed by atoms with E-state index in [0.29, 0.717) is 17.1 Å². The first-order valence-corrected chi connectivity index (χ1v) is 6.50. The quantitative estimate of drug-likeness (QED) is 0.845. The Labute approximate surface area is 111 Å². The second kappa shape index (κ2) is 4.42. The minimum absolute atomic E-state index is 0.240. The Morgan fingerprint density at radius 1 is 1.42 bits per heavy atom. The van der Waals surface area contributed by atoms with Gasteiger partial charge in [0.1, 0.15) is 0 Å². The molecule has 1 aliphatic heterocycles. The molecule has 5 heteroatoms. The van der Waals surface area contributed by atoms with Crippen LogP contribution in [-0.4, -0.2) is 23.5 Å². The molecule has 0 radical (unpaired) electrons. The van der Waals surface area contributed by atoms with Gasteiger partial charge in [0.2, 0.25) is 0 Å². The summed E-state index contributed by atoms with van der Waals surface area (Å²) in [5.41, 5.74) is 0.456. The summed E-state index contributed by atoms with van der Waals surface area (Å²) in [4.78, 5) is 11.5. The number of benzene rings is 1. The summed E-state index contributed by atoms with van der Waals surface area (Å²) in [5, 5.41) is 9.88. The lowest BCUT2D eigenvalue weighted by Gasteiger charge is -2.35. The van der Waals surface area contributed by atoms with Gasteiger partial charge in [-0.3, -0.25) is 0 Å². The fraction of sp³-hybridized carbons (Fsp3) is 0.500. The van der Waals surface area contributed by atoms with Gasteiger partial charge in [0.15, 0.2) is 17.6 Å². The van der Waals surface area contributed by atoms with Crippen molar-refractivity contribution in [3.05, 3.63) is 23.8 Å². The van der Waals surface area contributed by atoms with Gasteiger partial charge in [-0.1, -0.05) is 6.07 Å². The van der Waals surface area contributed by atoms with Gasteiger partial charge in [0.25, 0.3) is 5.79 Å². The standard InChI is InChI=1S/C14H16O5/c1-2-17-13(16)12(15)9-4-5-10-11(8-9)19-14(18-10)6-3-7-14/h4-5,8,12,15H,2-3,6-7H2,1H3. The fourth-order valence-corrected chi connectivity index (χ4v) is 2.31. The number of aliphatic hydroxyl groups excluding tert-OH is 1. The zero-order valence-corrected chi connectivity index (χ0v) is 10.7. The van der Waals surface area contributed by atoms with Crippen LogP contribution >= 0.6 is 0 Å². The van der Waals surface area contributed by atoms with Crippen molar-refractivity contribution in [2.24, 2.45) is 0 Å². The minimum atomic E-state index is -1.29. The summed E-state index contributed by atoms with van der Waals surface area (Å²) in [6, 6.07) is 5.02. The van der Waals surface area contributed by atoms with Crippen molar-refractivity contribution in [1.29, 1.82) is 0 Å². The van der Waals surface area contributed by atoms with Crippen LogP contribution in [0.25, 0.3) is 0 Å². The maximum atomic E-state index is 11.5. The molecule has 1 heterocycles. The molecule has 1 aliphatic carbocycles. The van der Waals surface area contributed by atoms with Crippen LogP contribution in [0.4, 0.5) is 0 Å². The predicted molar refractivity (Wildman–Crippen MR) is 65.9 cm³/mol. The molecular formula is C14H16O5. The first kappa shape index (κ1) is 12.3. The molecule has 1 N–H and O–H groups in total. The molecular weight excluding hydrogens is 248 g/mol. The Kier molecular flexibility index (Phi) is 2.86. The van der Waals surface area contributed by atoms with E-state index < -0.39 is 17.9 Å². The van der Waals surface area contributed by atoms with E-state index in [4.69, 9.17) is 14.2 Å². The molecule has 1 aromatic rings. The number of aliphatic hydroxyl groups is 1. The minimum Gasteiger partial charge on any atom is -0.464 e. The Morgan fingerprint density at radius 2 is 2.16 bits per heavy atom. The van der Waals surface area contributed by atoms with Crippen LogP contribution in [0, 0.1) is 0 Å². The number of rotatable bonds is 3. The van der Waals surface area contributed by atoms with E-state index in [9.17, 15) is 9.90 Å². The maximum absolute atomic E-state index is 11.5. The zero-order valence-electron chi connectivity index (χ0n) is 10.7. The van der Waals surface area contributed by atoms with Gasteiger partial charge < -0.3 is 19.3 Å². The van der Waals surface area contributed by atoms with Gasteiger partial charge in [-0.2, -0.15) is 0 Å². The molecule has 1 fully saturated rings. The van der Waals surface area contributed by atoms with E-state index in [1.165, 1.54) is 0 Å². The summed E-state index contributed by atoms with van der Waals surface area (Å²) >= 11 is 0. The normalized spacial score (nSPS) is 19.9.